The molecule has 6 nitrogen and oxygen atoms in total. The molecule has 0 aliphatic heterocycles. The minimum absolute atomic E-state index is 0.0278. The Labute approximate surface area is 151 Å². The third kappa shape index (κ3) is 3.44. The average molecular weight is 351 g/mol. The Balaban J connectivity index is 1.89. The van der Waals surface area contributed by atoms with Gasteiger partial charge in [0.1, 0.15) is 17.0 Å². The van der Waals surface area contributed by atoms with Crippen molar-refractivity contribution in [1.82, 2.24) is 14.7 Å². The first kappa shape index (κ1) is 17.7. The summed E-state index contributed by atoms with van der Waals surface area (Å²) in [6.45, 7) is 3.86. The molecule has 1 aromatic carbocycles. The molecule has 0 fully saturated rings. The van der Waals surface area contributed by atoms with Crippen LogP contribution in [0, 0.1) is 6.92 Å². The number of carbonyl (C=O) groups excluding carboxylic acids is 1. The van der Waals surface area contributed by atoms with Gasteiger partial charge in [0.15, 0.2) is 0 Å². The monoisotopic (exact) mass is 351 g/mol. The van der Waals surface area contributed by atoms with E-state index in [1.165, 1.54) is 10.6 Å². The van der Waals surface area contributed by atoms with Crippen molar-refractivity contribution in [1.29, 1.82) is 0 Å². The lowest BCUT2D eigenvalue weighted by Crippen LogP contribution is -2.34. The van der Waals surface area contributed by atoms with Gasteiger partial charge in [-0.05, 0) is 42.7 Å². The van der Waals surface area contributed by atoms with E-state index >= 15 is 0 Å². The lowest BCUT2D eigenvalue weighted by Gasteiger charge is -2.17. The Bertz CT molecular complexity index is 993. The Morgan fingerprint density at radius 1 is 1.23 bits per heavy atom. The van der Waals surface area contributed by atoms with Crippen molar-refractivity contribution >= 4 is 11.6 Å². The molecule has 2 heterocycles. The van der Waals surface area contributed by atoms with Gasteiger partial charge < -0.3 is 10.1 Å². The van der Waals surface area contributed by atoms with Crippen LogP contribution in [0.2, 0.25) is 0 Å². The third-order valence-corrected chi connectivity index (χ3v) is 4.33. The fourth-order valence-electron chi connectivity index (χ4n) is 2.83. The van der Waals surface area contributed by atoms with Crippen molar-refractivity contribution in [2.45, 2.75) is 26.3 Å². The number of methoxy groups -OCH3 is 1. The zero-order valence-corrected chi connectivity index (χ0v) is 15.0. The molecular weight excluding hydrogens is 330 g/mol. The second kappa shape index (κ2) is 7.39. The van der Waals surface area contributed by atoms with Crippen LogP contribution in [0.5, 0.6) is 5.75 Å². The first-order chi connectivity index (χ1) is 12.5. The molecule has 1 N–H and O–H groups in total. The maximum atomic E-state index is 12.7. The van der Waals surface area contributed by atoms with E-state index in [9.17, 15) is 9.59 Å². The molecule has 2 aromatic heterocycles. The number of pyridine rings is 1. The summed E-state index contributed by atoms with van der Waals surface area (Å²) in [5, 5.41) is 2.92. The number of fused-ring (bicyclic) bond motifs is 1. The van der Waals surface area contributed by atoms with E-state index in [1.807, 2.05) is 44.2 Å². The number of aryl methyl sites for hydroxylation is 1. The van der Waals surface area contributed by atoms with E-state index in [0.29, 0.717) is 12.1 Å². The van der Waals surface area contributed by atoms with Crippen LogP contribution in [0.1, 0.15) is 40.9 Å². The van der Waals surface area contributed by atoms with E-state index in [1.54, 1.807) is 19.4 Å². The highest BCUT2D eigenvalue weighted by atomic mass is 16.5. The predicted octanol–water partition coefficient (Wildman–Crippen LogP) is 2.89. The van der Waals surface area contributed by atoms with Crippen LogP contribution in [0.3, 0.4) is 0 Å². The highest BCUT2D eigenvalue weighted by Crippen LogP contribution is 2.20. The summed E-state index contributed by atoms with van der Waals surface area (Å²) >= 11 is 0. The number of nitrogens with one attached hydrogen (secondary N) is 1. The molecule has 1 amide bonds. The van der Waals surface area contributed by atoms with Gasteiger partial charge in [-0.15, -0.1) is 0 Å². The van der Waals surface area contributed by atoms with Crippen LogP contribution in [-0.2, 0) is 0 Å². The lowest BCUT2D eigenvalue weighted by molar-refractivity contribution is 0.0933. The number of ether oxygens (including phenoxy) is 1. The Hall–Kier alpha value is -3.15. The van der Waals surface area contributed by atoms with Crippen LogP contribution >= 0.6 is 0 Å². The van der Waals surface area contributed by atoms with Gasteiger partial charge in [-0.1, -0.05) is 25.1 Å². The number of rotatable bonds is 5. The van der Waals surface area contributed by atoms with Crippen molar-refractivity contribution in [2.75, 3.05) is 7.11 Å². The van der Waals surface area contributed by atoms with Crippen molar-refractivity contribution in [3.05, 3.63) is 75.8 Å². The maximum Gasteiger partial charge on any atom is 0.270 e. The van der Waals surface area contributed by atoms with Gasteiger partial charge in [-0.2, -0.15) is 0 Å². The molecule has 3 rings (SSSR count). The number of amides is 1. The molecule has 26 heavy (non-hydrogen) atoms. The SMILES string of the molecule is CCC(NC(=O)c1cnc2ccc(C)cn2c1=O)c1ccc(OC)cc1. The third-order valence-electron chi connectivity index (χ3n) is 4.33. The van der Waals surface area contributed by atoms with Gasteiger partial charge in [0, 0.05) is 12.4 Å². The lowest BCUT2D eigenvalue weighted by atomic mass is 10.0. The van der Waals surface area contributed by atoms with Crippen molar-refractivity contribution in [2.24, 2.45) is 0 Å². The second-order valence-corrected chi connectivity index (χ2v) is 6.12. The van der Waals surface area contributed by atoms with Crippen LogP contribution in [0.4, 0.5) is 0 Å². The largest absolute Gasteiger partial charge is 0.497 e. The minimum atomic E-state index is -0.430. The Morgan fingerprint density at radius 3 is 2.62 bits per heavy atom. The molecule has 1 atom stereocenters. The summed E-state index contributed by atoms with van der Waals surface area (Å²) in [5.41, 5.74) is 2.04. The molecule has 6 heteroatoms. The number of carbonyl (C=O) groups is 1. The Morgan fingerprint density at radius 2 is 1.96 bits per heavy atom. The van der Waals surface area contributed by atoms with Gasteiger partial charge in [0.2, 0.25) is 0 Å². The standard InChI is InChI=1S/C20H21N3O3/c1-4-17(14-6-8-15(26-3)9-7-14)22-19(24)16-11-21-18-10-5-13(2)12-23(18)20(16)25/h5-12,17H,4H2,1-3H3,(H,22,24). The molecule has 134 valence electrons. The van der Waals surface area contributed by atoms with E-state index in [0.717, 1.165) is 16.9 Å². The van der Waals surface area contributed by atoms with Gasteiger partial charge in [0.05, 0.1) is 13.2 Å². The molecule has 0 spiro atoms. The zero-order chi connectivity index (χ0) is 18.7. The van der Waals surface area contributed by atoms with Crippen molar-refractivity contribution < 1.29 is 9.53 Å². The molecule has 0 aliphatic rings. The van der Waals surface area contributed by atoms with E-state index in [4.69, 9.17) is 4.74 Å². The normalized spacial score (nSPS) is 12.0. The molecule has 0 saturated carbocycles. The molecular formula is C20H21N3O3. The molecule has 0 saturated heterocycles. The molecule has 3 aromatic rings. The van der Waals surface area contributed by atoms with Gasteiger partial charge in [-0.3, -0.25) is 14.0 Å². The van der Waals surface area contributed by atoms with Gasteiger partial charge in [-0.25, -0.2) is 4.98 Å². The van der Waals surface area contributed by atoms with Crippen LogP contribution in [0.15, 0.2) is 53.6 Å². The predicted molar refractivity (Wildman–Crippen MR) is 99.7 cm³/mol. The number of hydrogen-bond acceptors (Lipinski definition) is 4. The number of hydrogen-bond donors (Lipinski definition) is 1. The minimum Gasteiger partial charge on any atom is -0.497 e. The maximum absolute atomic E-state index is 12.7. The van der Waals surface area contributed by atoms with Crippen molar-refractivity contribution in [3.8, 4) is 5.75 Å². The smallest absolute Gasteiger partial charge is 0.270 e. The topological polar surface area (TPSA) is 72.7 Å². The quantitative estimate of drug-likeness (QED) is 0.767. The van der Waals surface area contributed by atoms with Gasteiger partial charge >= 0.3 is 0 Å². The summed E-state index contributed by atoms with van der Waals surface area (Å²) in [7, 11) is 1.61. The first-order valence-electron chi connectivity index (χ1n) is 8.46. The first-order valence-corrected chi connectivity index (χ1v) is 8.46. The van der Waals surface area contributed by atoms with E-state index in [2.05, 4.69) is 10.3 Å². The van der Waals surface area contributed by atoms with E-state index in [-0.39, 0.29) is 17.2 Å². The number of nitrogens with zero attached hydrogens (tertiary/aromatic N) is 2. The van der Waals surface area contributed by atoms with Crippen LogP contribution < -0.4 is 15.6 Å². The number of aromatic nitrogens is 2. The highest BCUT2D eigenvalue weighted by molar-refractivity contribution is 5.94. The van der Waals surface area contributed by atoms with Crippen LogP contribution in [-0.4, -0.2) is 22.4 Å². The molecule has 1 unspecified atom stereocenters. The average Bonchev–Trinajstić information content (AvgIpc) is 2.66. The van der Waals surface area contributed by atoms with E-state index < -0.39 is 5.91 Å². The van der Waals surface area contributed by atoms with Crippen molar-refractivity contribution in [3.63, 3.8) is 0 Å². The molecule has 0 bridgehead atoms. The summed E-state index contributed by atoms with van der Waals surface area (Å²) in [4.78, 5) is 29.5. The second-order valence-electron chi connectivity index (χ2n) is 6.12. The fraction of sp³-hybridized carbons (Fsp3) is 0.250. The highest BCUT2D eigenvalue weighted by Gasteiger charge is 2.18. The van der Waals surface area contributed by atoms with Gasteiger partial charge in [0.25, 0.3) is 11.5 Å². The summed E-state index contributed by atoms with van der Waals surface area (Å²) in [6.07, 6.45) is 3.71. The van der Waals surface area contributed by atoms with Crippen LogP contribution in [0.25, 0.3) is 5.65 Å². The Kier molecular flexibility index (Phi) is 5.02. The number of benzene rings is 1. The summed E-state index contributed by atoms with van der Waals surface area (Å²) < 4.78 is 6.56. The summed E-state index contributed by atoms with van der Waals surface area (Å²) in [6, 6.07) is 10.9. The fourth-order valence-corrected chi connectivity index (χ4v) is 2.83. The molecule has 0 radical (unpaired) electrons. The summed E-state index contributed by atoms with van der Waals surface area (Å²) in [5.74, 6) is 0.323. The zero-order valence-electron chi connectivity index (χ0n) is 15.0. The molecule has 0 aliphatic carbocycles.